The zero-order valence-electron chi connectivity index (χ0n) is 11.3. The van der Waals surface area contributed by atoms with Gasteiger partial charge in [-0.25, -0.2) is 4.39 Å². The summed E-state index contributed by atoms with van der Waals surface area (Å²) in [6, 6.07) is 8.85. The van der Waals surface area contributed by atoms with Crippen LogP contribution in [-0.4, -0.2) is 4.98 Å². The lowest BCUT2D eigenvalue weighted by atomic mass is 9.89. The average Bonchev–Trinajstić information content (AvgIpc) is 2.29. The Morgan fingerprint density at radius 1 is 1.06 bits per heavy atom. The van der Waals surface area contributed by atoms with E-state index in [-0.39, 0.29) is 11.2 Å². The standard InChI is InChI=1S/C16H18FN/c1-11-9-15(16(2,3)4)18-10-13(11)12-7-5-6-8-14(12)17/h5-10H,1-4H3. The predicted molar refractivity (Wildman–Crippen MR) is 73.1 cm³/mol. The highest BCUT2D eigenvalue weighted by Gasteiger charge is 2.17. The zero-order valence-corrected chi connectivity index (χ0v) is 11.3. The molecule has 1 nitrogen and oxygen atoms in total. The van der Waals surface area contributed by atoms with Crippen LogP contribution in [0.2, 0.25) is 0 Å². The van der Waals surface area contributed by atoms with E-state index in [0.29, 0.717) is 5.56 Å². The highest BCUT2D eigenvalue weighted by molar-refractivity contribution is 5.67. The van der Waals surface area contributed by atoms with E-state index in [4.69, 9.17) is 0 Å². The molecular formula is C16H18FN. The molecule has 0 amide bonds. The lowest BCUT2D eigenvalue weighted by molar-refractivity contribution is 0.568. The predicted octanol–water partition coefficient (Wildman–Crippen LogP) is 4.49. The number of hydrogen-bond acceptors (Lipinski definition) is 1. The highest BCUT2D eigenvalue weighted by Crippen LogP contribution is 2.28. The Morgan fingerprint density at radius 2 is 1.72 bits per heavy atom. The van der Waals surface area contributed by atoms with Crippen molar-refractivity contribution in [1.82, 2.24) is 4.98 Å². The van der Waals surface area contributed by atoms with Gasteiger partial charge >= 0.3 is 0 Å². The summed E-state index contributed by atoms with van der Waals surface area (Å²) in [6.07, 6.45) is 1.77. The smallest absolute Gasteiger partial charge is 0.131 e. The van der Waals surface area contributed by atoms with E-state index in [0.717, 1.165) is 16.8 Å². The summed E-state index contributed by atoms with van der Waals surface area (Å²) in [4.78, 5) is 4.46. The Morgan fingerprint density at radius 3 is 2.28 bits per heavy atom. The van der Waals surface area contributed by atoms with Gasteiger partial charge < -0.3 is 0 Å². The number of hydrogen-bond donors (Lipinski definition) is 0. The molecule has 94 valence electrons. The van der Waals surface area contributed by atoms with Crippen molar-refractivity contribution in [2.75, 3.05) is 0 Å². The first kappa shape index (κ1) is 12.7. The van der Waals surface area contributed by atoms with Crippen molar-refractivity contribution in [3.05, 3.63) is 53.6 Å². The second-order valence-electron chi connectivity index (χ2n) is 5.61. The van der Waals surface area contributed by atoms with Crippen molar-refractivity contribution >= 4 is 0 Å². The van der Waals surface area contributed by atoms with Crippen LogP contribution in [0.15, 0.2) is 36.5 Å². The van der Waals surface area contributed by atoms with E-state index < -0.39 is 0 Å². The minimum Gasteiger partial charge on any atom is -0.260 e. The molecule has 0 atom stereocenters. The van der Waals surface area contributed by atoms with E-state index in [2.05, 4.69) is 25.8 Å². The Hall–Kier alpha value is -1.70. The molecule has 0 aliphatic heterocycles. The fourth-order valence-electron chi connectivity index (χ4n) is 1.93. The fraction of sp³-hybridized carbons (Fsp3) is 0.312. The molecular weight excluding hydrogens is 225 g/mol. The van der Waals surface area contributed by atoms with Crippen LogP contribution in [0.3, 0.4) is 0 Å². The maximum Gasteiger partial charge on any atom is 0.131 e. The van der Waals surface area contributed by atoms with Crippen molar-refractivity contribution in [1.29, 1.82) is 0 Å². The molecule has 0 fully saturated rings. The molecule has 2 rings (SSSR count). The molecule has 0 aliphatic carbocycles. The van der Waals surface area contributed by atoms with Crippen LogP contribution in [-0.2, 0) is 5.41 Å². The average molecular weight is 243 g/mol. The minimum absolute atomic E-state index is 0.0124. The minimum atomic E-state index is -0.203. The summed E-state index contributed by atoms with van der Waals surface area (Å²) >= 11 is 0. The number of benzene rings is 1. The molecule has 0 bridgehead atoms. The number of aromatic nitrogens is 1. The van der Waals surface area contributed by atoms with E-state index in [1.807, 2.05) is 19.1 Å². The molecule has 2 aromatic rings. The Bertz CT molecular complexity index is 568. The van der Waals surface area contributed by atoms with Crippen LogP contribution in [0, 0.1) is 12.7 Å². The first-order valence-electron chi connectivity index (χ1n) is 6.11. The number of aryl methyl sites for hydroxylation is 1. The molecule has 0 radical (unpaired) electrons. The molecule has 1 aromatic carbocycles. The molecule has 2 heteroatoms. The Labute approximate surface area is 108 Å². The molecule has 0 saturated carbocycles. The summed E-state index contributed by atoms with van der Waals surface area (Å²) in [5.74, 6) is -0.203. The molecule has 1 heterocycles. The maximum atomic E-state index is 13.8. The zero-order chi connectivity index (χ0) is 13.3. The molecule has 0 N–H and O–H groups in total. The Kier molecular flexibility index (Phi) is 3.20. The lowest BCUT2D eigenvalue weighted by Crippen LogP contribution is -2.13. The summed E-state index contributed by atoms with van der Waals surface area (Å²) in [7, 11) is 0. The van der Waals surface area contributed by atoms with Gasteiger partial charge in [0.15, 0.2) is 0 Å². The van der Waals surface area contributed by atoms with Crippen molar-refractivity contribution in [3.8, 4) is 11.1 Å². The van der Waals surface area contributed by atoms with Crippen LogP contribution in [0.4, 0.5) is 4.39 Å². The highest BCUT2D eigenvalue weighted by atomic mass is 19.1. The summed E-state index contributed by atoms with van der Waals surface area (Å²) in [5.41, 5.74) is 3.57. The number of rotatable bonds is 1. The monoisotopic (exact) mass is 243 g/mol. The largest absolute Gasteiger partial charge is 0.260 e. The van der Waals surface area contributed by atoms with Crippen LogP contribution in [0.5, 0.6) is 0 Å². The normalized spacial score (nSPS) is 11.6. The molecule has 0 aliphatic rings. The van der Waals surface area contributed by atoms with E-state index in [1.54, 1.807) is 18.3 Å². The second-order valence-corrected chi connectivity index (χ2v) is 5.61. The van der Waals surface area contributed by atoms with E-state index in [1.165, 1.54) is 6.07 Å². The first-order chi connectivity index (χ1) is 8.39. The summed E-state index contributed by atoms with van der Waals surface area (Å²) < 4.78 is 13.8. The first-order valence-corrected chi connectivity index (χ1v) is 6.11. The third kappa shape index (κ3) is 2.42. The van der Waals surface area contributed by atoms with Crippen molar-refractivity contribution < 1.29 is 4.39 Å². The van der Waals surface area contributed by atoms with Crippen LogP contribution >= 0.6 is 0 Å². The molecule has 0 spiro atoms. The van der Waals surface area contributed by atoms with Gasteiger partial charge in [-0.3, -0.25) is 4.98 Å². The van der Waals surface area contributed by atoms with Gasteiger partial charge in [-0.1, -0.05) is 39.0 Å². The molecule has 0 saturated heterocycles. The van der Waals surface area contributed by atoms with E-state index >= 15 is 0 Å². The molecule has 0 unspecified atom stereocenters. The number of nitrogens with zero attached hydrogens (tertiary/aromatic N) is 1. The van der Waals surface area contributed by atoms with Crippen LogP contribution in [0.25, 0.3) is 11.1 Å². The number of halogens is 1. The Balaban J connectivity index is 2.52. The van der Waals surface area contributed by atoms with Gasteiger partial charge in [0.2, 0.25) is 0 Å². The van der Waals surface area contributed by atoms with E-state index in [9.17, 15) is 4.39 Å². The quantitative estimate of drug-likeness (QED) is 0.719. The third-order valence-corrected chi connectivity index (χ3v) is 3.04. The SMILES string of the molecule is Cc1cc(C(C)(C)C)ncc1-c1ccccc1F. The van der Waals surface area contributed by atoms with Crippen molar-refractivity contribution in [2.45, 2.75) is 33.1 Å². The van der Waals surface area contributed by atoms with Gasteiger partial charge in [0, 0.05) is 28.4 Å². The van der Waals surface area contributed by atoms with Gasteiger partial charge in [-0.2, -0.15) is 0 Å². The second kappa shape index (κ2) is 4.52. The van der Waals surface area contributed by atoms with Crippen molar-refractivity contribution in [2.24, 2.45) is 0 Å². The summed E-state index contributed by atoms with van der Waals surface area (Å²) in [5, 5.41) is 0. The van der Waals surface area contributed by atoms with Gasteiger partial charge in [0.1, 0.15) is 5.82 Å². The maximum absolute atomic E-state index is 13.8. The van der Waals surface area contributed by atoms with Crippen LogP contribution < -0.4 is 0 Å². The summed E-state index contributed by atoms with van der Waals surface area (Å²) in [6.45, 7) is 8.37. The fourth-order valence-corrected chi connectivity index (χ4v) is 1.93. The number of pyridine rings is 1. The van der Waals surface area contributed by atoms with Gasteiger partial charge in [-0.15, -0.1) is 0 Å². The van der Waals surface area contributed by atoms with Gasteiger partial charge in [-0.05, 0) is 24.6 Å². The third-order valence-electron chi connectivity index (χ3n) is 3.04. The molecule has 1 aromatic heterocycles. The lowest BCUT2D eigenvalue weighted by Gasteiger charge is -2.19. The van der Waals surface area contributed by atoms with Crippen molar-refractivity contribution in [3.63, 3.8) is 0 Å². The topological polar surface area (TPSA) is 12.9 Å². The van der Waals surface area contributed by atoms with Gasteiger partial charge in [0.25, 0.3) is 0 Å². The van der Waals surface area contributed by atoms with Gasteiger partial charge in [0.05, 0.1) is 0 Å². The van der Waals surface area contributed by atoms with Crippen LogP contribution in [0.1, 0.15) is 32.0 Å². The molecule has 18 heavy (non-hydrogen) atoms.